The molecule has 0 fully saturated rings. The first-order chi connectivity index (χ1) is 9.60. The summed E-state index contributed by atoms with van der Waals surface area (Å²) in [5, 5.41) is 3.09. The van der Waals surface area contributed by atoms with Gasteiger partial charge in [0.05, 0.1) is 0 Å². The molecular formula is C16H18N2O2. The number of nitrogens with one attached hydrogen (secondary N) is 1. The zero-order chi connectivity index (χ0) is 14.5. The smallest absolute Gasteiger partial charge is 0.248 e. The second-order valence-electron chi connectivity index (χ2n) is 4.62. The molecule has 4 nitrogen and oxygen atoms in total. The second-order valence-corrected chi connectivity index (χ2v) is 4.62. The lowest BCUT2D eigenvalue weighted by atomic mass is 10.1. The van der Waals surface area contributed by atoms with Gasteiger partial charge in [-0.05, 0) is 55.4 Å². The minimum absolute atomic E-state index is 0.425. The number of amides is 1. The Morgan fingerprint density at radius 2 is 1.80 bits per heavy atom. The molecule has 0 aromatic heterocycles. The van der Waals surface area contributed by atoms with Crippen LogP contribution in [0.2, 0.25) is 0 Å². The summed E-state index contributed by atoms with van der Waals surface area (Å²) >= 11 is 0. The molecule has 0 atom stereocenters. The lowest BCUT2D eigenvalue weighted by molar-refractivity contribution is 0.0999. The minimum Gasteiger partial charge on any atom is -0.457 e. The van der Waals surface area contributed by atoms with Crippen LogP contribution in [0.25, 0.3) is 0 Å². The molecule has 4 heteroatoms. The SMILES string of the molecule is CNCc1ccc(Oc2ccc(C(N)=O)c(C)c2)cc1. The number of hydrogen-bond donors (Lipinski definition) is 2. The molecular weight excluding hydrogens is 252 g/mol. The molecule has 3 N–H and O–H groups in total. The van der Waals surface area contributed by atoms with Gasteiger partial charge in [0.1, 0.15) is 11.5 Å². The van der Waals surface area contributed by atoms with E-state index in [2.05, 4.69) is 5.32 Å². The molecule has 20 heavy (non-hydrogen) atoms. The third-order valence-electron chi connectivity index (χ3n) is 3.00. The number of carbonyl (C=O) groups excluding carboxylic acids is 1. The van der Waals surface area contributed by atoms with E-state index in [0.29, 0.717) is 11.3 Å². The van der Waals surface area contributed by atoms with Crippen LogP contribution < -0.4 is 15.8 Å². The molecule has 0 unspecified atom stereocenters. The number of aryl methyl sites for hydroxylation is 1. The first-order valence-electron chi connectivity index (χ1n) is 6.42. The van der Waals surface area contributed by atoms with Crippen LogP contribution in [0, 0.1) is 6.92 Å². The minimum atomic E-state index is -0.425. The zero-order valence-corrected chi connectivity index (χ0v) is 11.6. The van der Waals surface area contributed by atoms with Gasteiger partial charge in [-0.1, -0.05) is 12.1 Å². The largest absolute Gasteiger partial charge is 0.457 e. The van der Waals surface area contributed by atoms with Crippen molar-refractivity contribution in [3.8, 4) is 11.5 Å². The van der Waals surface area contributed by atoms with E-state index in [4.69, 9.17) is 10.5 Å². The molecule has 0 aliphatic heterocycles. The van der Waals surface area contributed by atoms with Crippen molar-refractivity contribution in [1.29, 1.82) is 0 Å². The maximum absolute atomic E-state index is 11.2. The Balaban J connectivity index is 2.13. The van der Waals surface area contributed by atoms with E-state index in [1.54, 1.807) is 12.1 Å². The highest BCUT2D eigenvalue weighted by molar-refractivity contribution is 5.94. The highest BCUT2D eigenvalue weighted by Crippen LogP contribution is 2.24. The van der Waals surface area contributed by atoms with Crippen molar-refractivity contribution in [3.63, 3.8) is 0 Å². The quantitative estimate of drug-likeness (QED) is 0.877. The number of benzene rings is 2. The van der Waals surface area contributed by atoms with Crippen molar-refractivity contribution < 1.29 is 9.53 Å². The van der Waals surface area contributed by atoms with Gasteiger partial charge >= 0.3 is 0 Å². The summed E-state index contributed by atoms with van der Waals surface area (Å²) in [4.78, 5) is 11.2. The van der Waals surface area contributed by atoms with Gasteiger partial charge in [-0.25, -0.2) is 0 Å². The van der Waals surface area contributed by atoms with Crippen molar-refractivity contribution in [2.45, 2.75) is 13.5 Å². The summed E-state index contributed by atoms with van der Waals surface area (Å²) in [5.74, 6) is 1.02. The molecule has 0 saturated carbocycles. The topological polar surface area (TPSA) is 64.3 Å². The van der Waals surface area contributed by atoms with Crippen molar-refractivity contribution in [2.75, 3.05) is 7.05 Å². The number of hydrogen-bond acceptors (Lipinski definition) is 3. The third-order valence-corrected chi connectivity index (χ3v) is 3.00. The lowest BCUT2D eigenvalue weighted by Crippen LogP contribution is -2.12. The summed E-state index contributed by atoms with van der Waals surface area (Å²) in [6.45, 7) is 2.66. The molecule has 0 heterocycles. The van der Waals surface area contributed by atoms with Crippen molar-refractivity contribution in [3.05, 3.63) is 59.2 Å². The molecule has 0 saturated heterocycles. The molecule has 0 bridgehead atoms. The van der Waals surface area contributed by atoms with Crippen LogP contribution in [0.5, 0.6) is 11.5 Å². The summed E-state index contributed by atoms with van der Waals surface area (Å²) in [6.07, 6.45) is 0. The third kappa shape index (κ3) is 3.36. The Bertz CT molecular complexity index is 606. The number of ether oxygens (including phenoxy) is 1. The summed E-state index contributed by atoms with van der Waals surface area (Å²) in [6, 6.07) is 13.1. The molecule has 2 aromatic carbocycles. The summed E-state index contributed by atoms with van der Waals surface area (Å²) in [7, 11) is 1.91. The predicted molar refractivity (Wildman–Crippen MR) is 79.0 cm³/mol. The Hall–Kier alpha value is -2.33. The van der Waals surface area contributed by atoms with E-state index in [1.807, 2.05) is 44.3 Å². The standard InChI is InChI=1S/C16H18N2O2/c1-11-9-14(7-8-15(11)16(17)19)20-13-5-3-12(4-6-13)10-18-2/h3-9,18H,10H2,1-2H3,(H2,17,19). The van der Waals surface area contributed by atoms with Crippen molar-refractivity contribution in [2.24, 2.45) is 5.73 Å². The maximum atomic E-state index is 11.2. The van der Waals surface area contributed by atoms with Crippen molar-refractivity contribution in [1.82, 2.24) is 5.32 Å². The molecule has 2 aromatic rings. The van der Waals surface area contributed by atoms with Gasteiger partial charge in [-0.3, -0.25) is 4.79 Å². The first-order valence-corrected chi connectivity index (χ1v) is 6.42. The van der Waals surface area contributed by atoms with E-state index < -0.39 is 5.91 Å². The lowest BCUT2D eigenvalue weighted by Gasteiger charge is -2.09. The molecule has 104 valence electrons. The van der Waals surface area contributed by atoms with Crippen LogP contribution in [0.3, 0.4) is 0 Å². The number of carbonyl (C=O) groups is 1. The highest BCUT2D eigenvalue weighted by atomic mass is 16.5. The van der Waals surface area contributed by atoms with Crippen LogP contribution in [0.4, 0.5) is 0 Å². The molecule has 0 radical (unpaired) electrons. The van der Waals surface area contributed by atoms with E-state index in [-0.39, 0.29) is 0 Å². The van der Waals surface area contributed by atoms with Crippen LogP contribution in [0.15, 0.2) is 42.5 Å². The van der Waals surface area contributed by atoms with Gasteiger partial charge in [0.2, 0.25) is 5.91 Å². The van der Waals surface area contributed by atoms with Gasteiger partial charge in [0.15, 0.2) is 0 Å². The van der Waals surface area contributed by atoms with E-state index >= 15 is 0 Å². The highest BCUT2D eigenvalue weighted by Gasteiger charge is 2.06. The number of rotatable bonds is 5. The van der Waals surface area contributed by atoms with Crippen LogP contribution in [0.1, 0.15) is 21.5 Å². The molecule has 1 amide bonds. The van der Waals surface area contributed by atoms with Crippen LogP contribution in [-0.4, -0.2) is 13.0 Å². The van der Waals surface area contributed by atoms with E-state index in [1.165, 1.54) is 5.56 Å². The average molecular weight is 270 g/mol. The summed E-state index contributed by atoms with van der Waals surface area (Å²) < 4.78 is 5.75. The molecule has 0 aliphatic rings. The van der Waals surface area contributed by atoms with Gasteiger partial charge in [-0.15, -0.1) is 0 Å². The van der Waals surface area contributed by atoms with Gasteiger partial charge in [0.25, 0.3) is 0 Å². The van der Waals surface area contributed by atoms with Crippen LogP contribution in [-0.2, 0) is 6.54 Å². The molecule has 0 aliphatic carbocycles. The Morgan fingerprint density at radius 1 is 1.15 bits per heavy atom. The molecule has 0 spiro atoms. The number of nitrogens with two attached hydrogens (primary N) is 1. The average Bonchev–Trinajstić information content (AvgIpc) is 2.41. The fraction of sp³-hybridized carbons (Fsp3) is 0.188. The Labute approximate surface area is 118 Å². The number of primary amides is 1. The van der Waals surface area contributed by atoms with Crippen molar-refractivity contribution >= 4 is 5.91 Å². The summed E-state index contributed by atoms with van der Waals surface area (Å²) in [5.41, 5.74) is 7.79. The fourth-order valence-electron chi connectivity index (χ4n) is 1.99. The van der Waals surface area contributed by atoms with Gasteiger partial charge in [0, 0.05) is 12.1 Å². The monoisotopic (exact) mass is 270 g/mol. The van der Waals surface area contributed by atoms with Crippen LogP contribution >= 0.6 is 0 Å². The van der Waals surface area contributed by atoms with E-state index in [0.717, 1.165) is 17.9 Å². The van der Waals surface area contributed by atoms with E-state index in [9.17, 15) is 4.79 Å². The maximum Gasteiger partial charge on any atom is 0.248 e. The molecule has 2 rings (SSSR count). The Morgan fingerprint density at radius 3 is 2.35 bits per heavy atom. The second kappa shape index (κ2) is 6.21. The Kier molecular flexibility index (Phi) is 4.38. The fourth-order valence-corrected chi connectivity index (χ4v) is 1.99. The first kappa shape index (κ1) is 14.1. The van der Waals surface area contributed by atoms with Gasteiger partial charge in [-0.2, -0.15) is 0 Å². The predicted octanol–water partition coefficient (Wildman–Crippen LogP) is 2.61. The van der Waals surface area contributed by atoms with Gasteiger partial charge < -0.3 is 15.8 Å². The normalized spacial score (nSPS) is 10.3. The zero-order valence-electron chi connectivity index (χ0n) is 11.6.